The van der Waals surface area contributed by atoms with Crippen LogP contribution in [0.15, 0.2) is 30.4 Å². The van der Waals surface area contributed by atoms with Gasteiger partial charge in [-0.2, -0.15) is 0 Å². The summed E-state index contributed by atoms with van der Waals surface area (Å²) in [5.41, 5.74) is -0.281. The van der Waals surface area contributed by atoms with Gasteiger partial charge in [-0.15, -0.1) is 0 Å². The summed E-state index contributed by atoms with van der Waals surface area (Å²) in [4.78, 5) is 66.6. The first-order chi connectivity index (χ1) is 25.1. The number of hydrogen-bond acceptors (Lipinski definition) is 11. The number of allylic oxidation sites excluding steroid dienone is 1. The molecule has 3 aliphatic carbocycles. The van der Waals surface area contributed by atoms with Gasteiger partial charge in [-0.05, 0) is 84.3 Å². The van der Waals surface area contributed by atoms with Crippen LogP contribution >= 0.6 is 0 Å². The number of aryl methyl sites for hydroxylation is 1. The Balaban J connectivity index is 1.18. The van der Waals surface area contributed by atoms with Crippen LogP contribution in [0.5, 0.6) is 11.6 Å². The number of nitrogens with zero attached hydrogens (tertiary/aromatic N) is 3. The molecule has 0 bridgehead atoms. The maximum atomic E-state index is 14.5. The predicted octanol–water partition coefficient (Wildman–Crippen LogP) is 3.79. The Morgan fingerprint density at radius 1 is 1.06 bits per heavy atom. The van der Waals surface area contributed by atoms with Crippen molar-refractivity contribution in [1.82, 2.24) is 24.9 Å². The Labute approximate surface area is 309 Å². The smallest absolute Gasteiger partial charge is 0.307 e. The quantitative estimate of drug-likeness (QED) is 0.281. The van der Waals surface area contributed by atoms with Crippen molar-refractivity contribution in [2.24, 2.45) is 11.8 Å². The van der Waals surface area contributed by atoms with Crippen molar-refractivity contribution in [2.45, 2.75) is 126 Å². The normalized spacial score (nSPS) is 29.7. The molecule has 286 valence electrons. The number of hydrogen-bond donors (Lipinski definition) is 2. The minimum Gasteiger partial charge on any atom is -0.497 e. The van der Waals surface area contributed by atoms with Gasteiger partial charge in [0, 0.05) is 24.3 Å². The molecule has 2 aromatic rings. The molecule has 0 spiro atoms. The molecule has 2 aliphatic heterocycles. The van der Waals surface area contributed by atoms with Crippen LogP contribution in [0.4, 0.5) is 0 Å². The highest BCUT2D eigenvalue weighted by molar-refractivity contribution is 7.91. The van der Waals surface area contributed by atoms with Crippen molar-refractivity contribution in [1.29, 1.82) is 0 Å². The van der Waals surface area contributed by atoms with Gasteiger partial charge >= 0.3 is 5.97 Å². The van der Waals surface area contributed by atoms with Crippen LogP contribution < -0.4 is 19.5 Å². The number of nitrogens with one attached hydrogen (secondary N) is 2. The molecular weight excluding hydrogens is 703 g/mol. The van der Waals surface area contributed by atoms with E-state index in [0.717, 1.165) is 32.1 Å². The maximum absolute atomic E-state index is 14.5. The molecule has 3 heterocycles. The topological polar surface area (TPSA) is 183 Å². The SMILES string of the molecule is COc1ccc2nc(C)c(O[C@@H]3C[C@H]4C(=O)N[C@]5(C(=O)NS(=O)(=O)C6(C)CC6)C[C@H]5/C=C\CCCCC[C@H](CC(=O)OC5(C)CC5)C(=O)N4C3)nc2c1. The summed E-state index contributed by atoms with van der Waals surface area (Å²) in [5.74, 6) is -2.52. The van der Waals surface area contributed by atoms with Gasteiger partial charge in [0.1, 0.15) is 34.7 Å². The van der Waals surface area contributed by atoms with Crippen molar-refractivity contribution in [3.05, 3.63) is 36.0 Å². The van der Waals surface area contributed by atoms with Crippen molar-refractivity contribution < 1.29 is 41.8 Å². The first-order valence-corrected chi connectivity index (χ1v) is 20.2. The second kappa shape index (κ2) is 13.9. The Morgan fingerprint density at radius 2 is 1.83 bits per heavy atom. The minimum absolute atomic E-state index is 0.0205. The van der Waals surface area contributed by atoms with Gasteiger partial charge in [-0.25, -0.2) is 18.4 Å². The molecule has 1 aromatic heterocycles. The molecule has 3 amide bonds. The second-order valence-electron chi connectivity index (χ2n) is 16.0. The molecule has 5 atom stereocenters. The van der Waals surface area contributed by atoms with E-state index in [1.807, 2.05) is 19.1 Å². The van der Waals surface area contributed by atoms with E-state index in [2.05, 4.69) is 20.0 Å². The number of sulfonamides is 1. The molecule has 1 aromatic carbocycles. The number of rotatable bonds is 9. The van der Waals surface area contributed by atoms with Crippen molar-refractivity contribution >= 4 is 44.7 Å². The summed E-state index contributed by atoms with van der Waals surface area (Å²) in [5, 5.41) is 2.90. The van der Waals surface area contributed by atoms with Gasteiger partial charge in [0.25, 0.3) is 5.91 Å². The van der Waals surface area contributed by atoms with Crippen LogP contribution in [-0.2, 0) is 33.9 Å². The van der Waals surface area contributed by atoms with E-state index in [1.165, 1.54) is 4.90 Å². The molecule has 5 aliphatic rings. The van der Waals surface area contributed by atoms with E-state index >= 15 is 0 Å². The van der Waals surface area contributed by atoms with E-state index in [4.69, 9.17) is 14.2 Å². The van der Waals surface area contributed by atoms with Crippen LogP contribution in [0.25, 0.3) is 11.0 Å². The van der Waals surface area contributed by atoms with Gasteiger partial charge in [0.15, 0.2) is 0 Å². The monoisotopic (exact) mass is 751 g/mol. The van der Waals surface area contributed by atoms with E-state index in [0.29, 0.717) is 48.2 Å². The zero-order valence-corrected chi connectivity index (χ0v) is 31.6. The second-order valence-corrected chi connectivity index (χ2v) is 18.2. The number of carbonyl (C=O) groups is 4. The zero-order valence-electron chi connectivity index (χ0n) is 30.8. The summed E-state index contributed by atoms with van der Waals surface area (Å²) < 4.78 is 44.9. The molecule has 15 heteroatoms. The lowest BCUT2D eigenvalue weighted by Gasteiger charge is -2.29. The fourth-order valence-electron chi connectivity index (χ4n) is 7.38. The van der Waals surface area contributed by atoms with Crippen molar-refractivity contribution in [3.63, 3.8) is 0 Å². The fraction of sp³-hybridized carbons (Fsp3) is 0.632. The molecule has 14 nitrogen and oxygen atoms in total. The Kier molecular flexibility index (Phi) is 9.69. The summed E-state index contributed by atoms with van der Waals surface area (Å²) in [6, 6.07) is 4.25. The van der Waals surface area contributed by atoms with Gasteiger partial charge < -0.3 is 24.4 Å². The molecule has 0 unspecified atom stereocenters. The Hall–Kier alpha value is -4.27. The zero-order chi connectivity index (χ0) is 37.8. The van der Waals surface area contributed by atoms with Crippen LogP contribution in [0.3, 0.4) is 0 Å². The number of amides is 3. The molecule has 1 saturated heterocycles. The summed E-state index contributed by atoms with van der Waals surface area (Å²) in [7, 11) is -2.42. The minimum atomic E-state index is -3.98. The lowest BCUT2D eigenvalue weighted by atomic mass is 9.95. The first kappa shape index (κ1) is 37.1. The molecule has 0 radical (unpaired) electrons. The third-order valence-electron chi connectivity index (χ3n) is 11.6. The summed E-state index contributed by atoms with van der Waals surface area (Å²) in [6.07, 6.45) is 9.26. The average molecular weight is 752 g/mol. The highest BCUT2D eigenvalue weighted by atomic mass is 32.2. The molecule has 7 rings (SSSR count). The van der Waals surface area contributed by atoms with E-state index < -0.39 is 67.7 Å². The first-order valence-electron chi connectivity index (χ1n) is 18.7. The number of benzene rings is 1. The number of methoxy groups -OCH3 is 1. The molecular formula is C38H49N5O9S. The van der Waals surface area contributed by atoms with Gasteiger partial charge in [0.2, 0.25) is 27.7 Å². The lowest BCUT2D eigenvalue weighted by molar-refractivity contribution is -0.155. The Bertz CT molecular complexity index is 1960. The van der Waals surface area contributed by atoms with Crippen molar-refractivity contribution in [2.75, 3.05) is 13.7 Å². The van der Waals surface area contributed by atoms with Crippen LogP contribution in [0.2, 0.25) is 0 Å². The van der Waals surface area contributed by atoms with Crippen molar-refractivity contribution in [3.8, 4) is 11.6 Å². The van der Waals surface area contributed by atoms with Gasteiger partial charge in [-0.1, -0.05) is 25.0 Å². The standard InChI is InChI=1S/C38H49N5O9S/c1-23-33(40-29-19-26(50-4)12-13-28(29)39-23)51-27-20-30-32(45)41-38(35(47)42-53(48,49)37(3)16-17-37)21-25(38)11-9-7-5-6-8-10-24(34(46)43(30)22-27)18-31(44)52-36(2)14-15-36/h9,11-13,19,24-25,27,30H,5-8,10,14-18,20-22H2,1-4H3,(H,41,45)(H,42,47)/b11-9-/t24-,25-,27-,30+,38-/m1/s1. The van der Waals surface area contributed by atoms with Crippen LogP contribution in [0.1, 0.15) is 96.6 Å². The van der Waals surface area contributed by atoms with Crippen LogP contribution in [-0.4, -0.2) is 88.7 Å². The largest absolute Gasteiger partial charge is 0.497 e. The van der Waals surface area contributed by atoms with Crippen LogP contribution in [0, 0.1) is 18.8 Å². The van der Waals surface area contributed by atoms with Gasteiger partial charge in [0.05, 0.1) is 35.9 Å². The lowest BCUT2D eigenvalue weighted by Crippen LogP contribution is -2.57. The number of aromatic nitrogens is 2. The predicted molar refractivity (Wildman–Crippen MR) is 193 cm³/mol. The molecule has 2 N–H and O–H groups in total. The molecule has 53 heavy (non-hydrogen) atoms. The number of fused-ring (bicyclic) bond motifs is 3. The number of ether oxygens (including phenoxy) is 3. The van der Waals surface area contributed by atoms with E-state index in [-0.39, 0.29) is 37.6 Å². The molecule has 3 saturated carbocycles. The maximum Gasteiger partial charge on any atom is 0.307 e. The summed E-state index contributed by atoms with van der Waals surface area (Å²) >= 11 is 0. The number of carbonyl (C=O) groups excluding carboxylic acids is 4. The average Bonchev–Trinajstić information content (AvgIpc) is 4.07. The third-order valence-corrected chi connectivity index (χ3v) is 13.8. The third kappa shape index (κ3) is 7.72. The Morgan fingerprint density at radius 3 is 2.55 bits per heavy atom. The van der Waals surface area contributed by atoms with Gasteiger partial charge in [-0.3, -0.25) is 23.9 Å². The molecule has 4 fully saturated rings. The summed E-state index contributed by atoms with van der Waals surface area (Å²) in [6.45, 7) is 5.25. The highest BCUT2D eigenvalue weighted by Gasteiger charge is 2.63. The number of esters is 1. The highest BCUT2D eigenvalue weighted by Crippen LogP contribution is 2.48. The van der Waals surface area contributed by atoms with E-state index in [9.17, 15) is 27.6 Å². The van der Waals surface area contributed by atoms with E-state index in [1.54, 1.807) is 39.2 Å². The fourth-order valence-corrected chi connectivity index (χ4v) is 8.69.